The topological polar surface area (TPSA) is 71.1 Å². The number of carbonyl (C=O) groups is 2. The first-order valence-corrected chi connectivity index (χ1v) is 12.0. The van der Waals surface area contributed by atoms with Crippen molar-refractivity contribution in [3.63, 3.8) is 0 Å². The molecule has 5 aromatic rings. The van der Waals surface area contributed by atoms with Crippen LogP contribution in [0.1, 0.15) is 22.3 Å². The molecule has 0 unspecified atom stereocenters. The number of nitrogens with one attached hydrogen (secondary N) is 2. The molecule has 0 aliphatic carbocycles. The predicted octanol–water partition coefficient (Wildman–Crippen LogP) is 6.37. The molecule has 0 atom stereocenters. The van der Waals surface area contributed by atoms with Gasteiger partial charge in [0.05, 0.1) is 23.9 Å². The molecule has 0 saturated carbocycles. The lowest BCUT2D eigenvalue weighted by molar-refractivity contribution is -0.116. The molecule has 0 fully saturated rings. The second-order valence-corrected chi connectivity index (χ2v) is 9.13. The molecule has 0 bridgehead atoms. The highest BCUT2D eigenvalue weighted by atomic mass is 16.2. The van der Waals surface area contributed by atoms with Crippen molar-refractivity contribution < 1.29 is 9.59 Å². The van der Waals surface area contributed by atoms with Gasteiger partial charge in [0, 0.05) is 22.1 Å². The minimum atomic E-state index is -0.0662. The van der Waals surface area contributed by atoms with E-state index in [0.29, 0.717) is 12.8 Å². The zero-order chi connectivity index (χ0) is 25.1. The fraction of sp³-hybridized carbons (Fsp3) is 0.129. The maximum atomic E-state index is 12.6. The molecule has 0 radical (unpaired) electrons. The van der Waals surface area contributed by atoms with Gasteiger partial charge in [-0.1, -0.05) is 60.7 Å². The number of carbonyl (C=O) groups excluding carboxylic acids is 2. The third-order valence-corrected chi connectivity index (χ3v) is 6.26. The molecular weight excluding hydrogens is 446 g/mol. The van der Waals surface area contributed by atoms with Gasteiger partial charge < -0.3 is 10.6 Å². The molecule has 4 aromatic carbocycles. The molecule has 0 aliphatic heterocycles. The van der Waals surface area contributed by atoms with Crippen LogP contribution in [-0.4, -0.2) is 16.8 Å². The largest absolute Gasteiger partial charge is 0.325 e. The number of nitrogens with zero attached hydrogens (tertiary/aromatic N) is 1. The van der Waals surface area contributed by atoms with Crippen molar-refractivity contribution >= 4 is 45.0 Å². The van der Waals surface area contributed by atoms with E-state index in [-0.39, 0.29) is 11.8 Å². The van der Waals surface area contributed by atoms with Gasteiger partial charge in [0.2, 0.25) is 11.8 Å². The number of amides is 2. The Bertz CT molecular complexity index is 1460. The lowest BCUT2D eigenvalue weighted by Gasteiger charge is -2.13. The van der Waals surface area contributed by atoms with Crippen LogP contribution in [0.25, 0.3) is 21.8 Å². The van der Waals surface area contributed by atoms with Gasteiger partial charge in [0.1, 0.15) is 0 Å². The van der Waals surface area contributed by atoms with Gasteiger partial charge in [-0.3, -0.25) is 9.59 Å². The van der Waals surface area contributed by atoms with Crippen LogP contribution in [0, 0.1) is 13.8 Å². The second kappa shape index (κ2) is 10.0. The van der Waals surface area contributed by atoms with Gasteiger partial charge in [-0.2, -0.15) is 0 Å². The van der Waals surface area contributed by atoms with Gasteiger partial charge in [-0.05, 0) is 66.4 Å². The minimum Gasteiger partial charge on any atom is -0.325 e. The predicted molar refractivity (Wildman–Crippen MR) is 146 cm³/mol. The van der Waals surface area contributed by atoms with E-state index in [9.17, 15) is 9.59 Å². The van der Waals surface area contributed by atoms with Crippen molar-refractivity contribution in [2.24, 2.45) is 0 Å². The Morgan fingerprint density at radius 1 is 0.611 bits per heavy atom. The van der Waals surface area contributed by atoms with Crippen LogP contribution in [0.3, 0.4) is 0 Å². The molecule has 36 heavy (non-hydrogen) atoms. The highest BCUT2D eigenvalue weighted by molar-refractivity contribution is 6.01. The quantitative estimate of drug-likeness (QED) is 0.282. The summed E-state index contributed by atoms with van der Waals surface area (Å²) in [7, 11) is 0. The molecule has 0 aliphatic rings. The average molecular weight is 474 g/mol. The van der Waals surface area contributed by atoms with Crippen molar-refractivity contribution in [1.82, 2.24) is 4.98 Å². The number of pyridine rings is 1. The van der Waals surface area contributed by atoms with Crippen molar-refractivity contribution in [2.75, 3.05) is 10.6 Å². The highest BCUT2D eigenvalue weighted by Crippen LogP contribution is 2.29. The van der Waals surface area contributed by atoms with Crippen molar-refractivity contribution in [1.29, 1.82) is 0 Å². The van der Waals surface area contributed by atoms with Gasteiger partial charge in [-0.25, -0.2) is 4.98 Å². The van der Waals surface area contributed by atoms with Gasteiger partial charge >= 0.3 is 0 Å². The number of anilines is 2. The summed E-state index contributed by atoms with van der Waals surface area (Å²) in [5, 5.41) is 8.07. The van der Waals surface area contributed by atoms with Crippen LogP contribution < -0.4 is 10.6 Å². The molecule has 0 saturated heterocycles. The van der Waals surface area contributed by atoms with Crippen LogP contribution in [0.15, 0.2) is 91.0 Å². The standard InChI is InChI=1S/C31H27N3O2/c1-20-13-24-17-25-14-21(2)27(34-31(36)16-23-11-7-4-8-12-23)19-29(25)32-28(24)18-26(20)33-30(35)15-22-9-5-3-6-10-22/h3-14,17-19H,15-16H2,1-2H3,(H,33,35)(H,34,36). The third kappa shape index (κ3) is 5.26. The summed E-state index contributed by atoms with van der Waals surface area (Å²) in [5.74, 6) is -0.132. The number of fused-ring (bicyclic) bond motifs is 2. The molecule has 2 amide bonds. The van der Waals surface area contributed by atoms with E-state index in [2.05, 4.69) is 16.7 Å². The third-order valence-electron chi connectivity index (χ3n) is 6.26. The molecule has 0 spiro atoms. The lowest BCUT2D eigenvalue weighted by atomic mass is 10.0. The molecule has 5 heteroatoms. The summed E-state index contributed by atoms with van der Waals surface area (Å²) < 4.78 is 0. The molecule has 178 valence electrons. The maximum absolute atomic E-state index is 12.6. The monoisotopic (exact) mass is 473 g/mol. The molecule has 1 aromatic heterocycles. The number of hydrogen-bond acceptors (Lipinski definition) is 3. The normalized spacial score (nSPS) is 10.9. The SMILES string of the molecule is Cc1cc2cc3cc(C)c(NC(=O)Cc4ccccc4)cc3nc2cc1NC(=O)Cc1ccccc1. The summed E-state index contributed by atoms with van der Waals surface area (Å²) in [4.78, 5) is 30.1. The summed E-state index contributed by atoms with van der Waals surface area (Å²) in [6.45, 7) is 3.97. The zero-order valence-corrected chi connectivity index (χ0v) is 20.3. The Morgan fingerprint density at radius 2 is 1.03 bits per heavy atom. The van der Waals surface area contributed by atoms with Gasteiger partial charge in [0.15, 0.2) is 0 Å². The van der Waals surface area contributed by atoms with E-state index in [1.807, 2.05) is 98.8 Å². The second-order valence-electron chi connectivity index (χ2n) is 9.13. The van der Waals surface area contributed by atoms with E-state index in [4.69, 9.17) is 4.98 Å². The van der Waals surface area contributed by atoms with Crippen LogP contribution in [0.2, 0.25) is 0 Å². The first kappa shape index (κ1) is 23.2. The minimum absolute atomic E-state index is 0.0662. The average Bonchev–Trinajstić information content (AvgIpc) is 2.85. The number of benzene rings is 4. The summed E-state index contributed by atoms with van der Waals surface area (Å²) in [5.41, 5.74) is 6.96. The Hall–Kier alpha value is -4.51. The van der Waals surface area contributed by atoms with E-state index >= 15 is 0 Å². The van der Waals surface area contributed by atoms with Gasteiger partial charge in [-0.15, -0.1) is 0 Å². The molecule has 5 nitrogen and oxygen atoms in total. The van der Waals surface area contributed by atoms with Crippen LogP contribution in [0.4, 0.5) is 11.4 Å². The highest BCUT2D eigenvalue weighted by Gasteiger charge is 2.12. The van der Waals surface area contributed by atoms with Crippen molar-refractivity contribution in [2.45, 2.75) is 26.7 Å². The van der Waals surface area contributed by atoms with Gasteiger partial charge in [0.25, 0.3) is 0 Å². The van der Waals surface area contributed by atoms with Crippen LogP contribution in [0.5, 0.6) is 0 Å². The molecule has 2 N–H and O–H groups in total. The van der Waals surface area contributed by atoms with E-state index < -0.39 is 0 Å². The summed E-state index contributed by atoms with van der Waals surface area (Å²) >= 11 is 0. The van der Waals surface area contributed by atoms with E-state index in [1.54, 1.807) is 0 Å². The Labute approximate surface area is 210 Å². The number of aromatic nitrogens is 1. The fourth-order valence-corrected chi connectivity index (χ4v) is 4.38. The molecular formula is C31H27N3O2. The smallest absolute Gasteiger partial charge is 0.228 e. The number of aryl methyl sites for hydroxylation is 2. The Balaban J connectivity index is 1.40. The van der Waals surface area contributed by atoms with Crippen molar-refractivity contribution in [3.8, 4) is 0 Å². The van der Waals surface area contributed by atoms with Crippen LogP contribution >= 0.6 is 0 Å². The summed E-state index contributed by atoms with van der Waals surface area (Å²) in [6, 6.07) is 29.4. The first-order valence-electron chi connectivity index (χ1n) is 12.0. The number of hydrogen-bond donors (Lipinski definition) is 2. The molecule has 5 rings (SSSR count). The maximum Gasteiger partial charge on any atom is 0.228 e. The van der Waals surface area contributed by atoms with Crippen molar-refractivity contribution in [3.05, 3.63) is 113 Å². The first-order chi connectivity index (χ1) is 17.4. The zero-order valence-electron chi connectivity index (χ0n) is 20.3. The van der Waals surface area contributed by atoms with E-state index in [0.717, 1.165) is 55.4 Å². The molecule has 1 heterocycles. The Morgan fingerprint density at radius 3 is 1.44 bits per heavy atom. The lowest BCUT2D eigenvalue weighted by Crippen LogP contribution is -2.15. The van der Waals surface area contributed by atoms with Crippen LogP contribution in [-0.2, 0) is 22.4 Å². The fourth-order valence-electron chi connectivity index (χ4n) is 4.38. The van der Waals surface area contributed by atoms with E-state index in [1.165, 1.54) is 0 Å². The number of rotatable bonds is 6. The Kier molecular flexibility index (Phi) is 6.46. The summed E-state index contributed by atoms with van der Waals surface area (Å²) in [6.07, 6.45) is 0.629.